The van der Waals surface area contributed by atoms with Crippen LogP contribution in [0, 0.1) is 0 Å². The number of hydrogen-bond acceptors (Lipinski definition) is 6. The van der Waals surface area contributed by atoms with Crippen LogP contribution in [0.5, 0.6) is 0 Å². The highest BCUT2D eigenvalue weighted by Gasteiger charge is 2.20. The molecular formula is C23H21BrN4O2S2. The van der Waals surface area contributed by atoms with Gasteiger partial charge in [-0.2, -0.15) is 0 Å². The third-order valence-corrected chi connectivity index (χ3v) is 8.36. The molecular weight excluding hydrogens is 508 g/mol. The van der Waals surface area contributed by atoms with Gasteiger partial charge in [-0.15, -0.1) is 22.7 Å². The highest BCUT2D eigenvalue weighted by atomic mass is 79.9. The number of nitrogens with zero attached hydrogens (tertiary/aromatic N) is 2. The largest absolute Gasteiger partial charge is 0.310 e. The van der Waals surface area contributed by atoms with Gasteiger partial charge in [0.05, 0.1) is 11.1 Å². The average molecular weight is 529 g/mol. The Kier molecular flexibility index (Phi) is 6.21. The summed E-state index contributed by atoms with van der Waals surface area (Å²) in [5, 5.41) is 6.15. The van der Waals surface area contributed by atoms with Gasteiger partial charge in [0.25, 0.3) is 5.56 Å². The Hall–Kier alpha value is -2.36. The third kappa shape index (κ3) is 4.55. The third-order valence-electron chi connectivity index (χ3n) is 5.59. The van der Waals surface area contributed by atoms with Gasteiger partial charge in [0.2, 0.25) is 5.91 Å². The van der Waals surface area contributed by atoms with Crippen molar-refractivity contribution in [3.63, 3.8) is 0 Å². The average Bonchev–Trinajstić information content (AvgIpc) is 3.38. The van der Waals surface area contributed by atoms with E-state index in [2.05, 4.69) is 42.3 Å². The van der Waals surface area contributed by atoms with Crippen LogP contribution in [-0.4, -0.2) is 20.9 Å². The summed E-state index contributed by atoms with van der Waals surface area (Å²) in [4.78, 5) is 39.2. The van der Waals surface area contributed by atoms with Crippen molar-refractivity contribution in [1.82, 2.24) is 15.0 Å². The van der Waals surface area contributed by atoms with Crippen LogP contribution < -0.4 is 10.9 Å². The van der Waals surface area contributed by atoms with E-state index >= 15 is 0 Å². The predicted molar refractivity (Wildman–Crippen MR) is 133 cm³/mol. The highest BCUT2D eigenvalue weighted by Crippen LogP contribution is 2.33. The topological polar surface area (TPSA) is 87.7 Å². The van der Waals surface area contributed by atoms with Gasteiger partial charge in [-0.1, -0.05) is 34.1 Å². The lowest BCUT2D eigenvalue weighted by atomic mass is 9.97. The number of carbonyl (C=O) groups is 1. The summed E-state index contributed by atoms with van der Waals surface area (Å²) in [6.45, 7) is 0. The van der Waals surface area contributed by atoms with E-state index in [1.165, 1.54) is 28.2 Å². The van der Waals surface area contributed by atoms with E-state index in [-0.39, 0.29) is 17.9 Å². The molecule has 9 heteroatoms. The van der Waals surface area contributed by atoms with Crippen molar-refractivity contribution in [3.05, 3.63) is 72.0 Å². The number of thiophene rings is 1. The molecule has 0 aliphatic heterocycles. The molecule has 164 valence electrons. The number of aromatic amines is 1. The van der Waals surface area contributed by atoms with Crippen LogP contribution in [0.25, 0.3) is 10.2 Å². The molecule has 5 rings (SSSR count). The van der Waals surface area contributed by atoms with Gasteiger partial charge < -0.3 is 10.3 Å². The molecule has 1 aromatic carbocycles. The van der Waals surface area contributed by atoms with Gasteiger partial charge in [0, 0.05) is 34.0 Å². The Labute approximate surface area is 201 Å². The van der Waals surface area contributed by atoms with Crippen molar-refractivity contribution in [2.24, 2.45) is 0 Å². The number of carbonyl (C=O) groups excluding carboxylic acids is 1. The summed E-state index contributed by atoms with van der Waals surface area (Å²) >= 11 is 6.60. The molecule has 6 nitrogen and oxygen atoms in total. The first-order valence-corrected chi connectivity index (χ1v) is 13.1. The zero-order chi connectivity index (χ0) is 22.1. The maximum absolute atomic E-state index is 12.6. The van der Waals surface area contributed by atoms with Gasteiger partial charge in [0.1, 0.15) is 10.7 Å². The molecule has 1 amide bonds. The summed E-state index contributed by atoms with van der Waals surface area (Å²) in [5.41, 5.74) is 3.16. The minimum absolute atomic E-state index is 0.0820. The molecule has 3 aromatic heterocycles. The smallest absolute Gasteiger partial charge is 0.259 e. The van der Waals surface area contributed by atoms with Crippen molar-refractivity contribution in [1.29, 1.82) is 0 Å². The van der Waals surface area contributed by atoms with Gasteiger partial charge >= 0.3 is 0 Å². The fourth-order valence-corrected chi connectivity index (χ4v) is 6.46. The molecule has 0 unspecified atom stereocenters. The number of anilines is 1. The van der Waals surface area contributed by atoms with Crippen LogP contribution in [0.1, 0.15) is 46.8 Å². The van der Waals surface area contributed by atoms with E-state index in [0.29, 0.717) is 23.8 Å². The molecule has 4 aromatic rings. The maximum atomic E-state index is 12.6. The van der Waals surface area contributed by atoms with E-state index in [0.717, 1.165) is 45.2 Å². The van der Waals surface area contributed by atoms with Crippen molar-refractivity contribution in [2.45, 2.75) is 44.9 Å². The van der Waals surface area contributed by atoms with E-state index in [1.807, 2.05) is 23.6 Å². The number of benzene rings is 1. The lowest BCUT2D eigenvalue weighted by Crippen LogP contribution is -2.16. The van der Waals surface area contributed by atoms with Crippen molar-refractivity contribution >= 4 is 59.9 Å². The minimum Gasteiger partial charge on any atom is -0.310 e. The SMILES string of the molecule is O=C(CCc1nc2sc3c(c2c(=O)[nH]1)CCCC3)Nc1nc(Cc2ccccc2Br)cs1. The molecule has 0 spiro atoms. The zero-order valence-corrected chi connectivity index (χ0v) is 20.5. The fraction of sp³-hybridized carbons (Fsp3) is 0.304. The first-order chi connectivity index (χ1) is 15.6. The van der Waals surface area contributed by atoms with Gasteiger partial charge in [-0.3, -0.25) is 9.59 Å². The van der Waals surface area contributed by atoms with Gasteiger partial charge in [-0.25, -0.2) is 9.97 Å². The fourth-order valence-electron chi connectivity index (χ4n) is 4.02. The number of halogens is 1. The number of amides is 1. The molecule has 0 fully saturated rings. The maximum Gasteiger partial charge on any atom is 0.259 e. The van der Waals surface area contributed by atoms with E-state index < -0.39 is 0 Å². The molecule has 2 N–H and O–H groups in total. The molecule has 32 heavy (non-hydrogen) atoms. The standard InChI is InChI=1S/C23H21BrN4O2S2/c24-16-7-3-1-5-13(16)11-14-12-31-23(25-14)28-19(29)10-9-18-26-21(30)20-15-6-2-4-8-17(15)32-22(20)27-18/h1,3,5,7,12H,2,4,6,8-11H2,(H,25,28,29)(H,26,27,30). The number of aryl methyl sites for hydroxylation is 3. The lowest BCUT2D eigenvalue weighted by molar-refractivity contribution is -0.116. The van der Waals surface area contributed by atoms with E-state index in [9.17, 15) is 9.59 Å². The lowest BCUT2D eigenvalue weighted by Gasteiger charge is -2.09. The number of thiazole rings is 1. The monoisotopic (exact) mass is 528 g/mol. The summed E-state index contributed by atoms with van der Waals surface area (Å²) in [6, 6.07) is 8.03. The molecule has 1 aliphatic carbocycles. The number of nitrogens with one attached hydrogen (secondary N) is 2. The second-order valence-electron chi connectivity index (χ2n) is 7.86. The summed E-state index contributed by atoms with van der Waals surface area (Å²) in [7, 11) is 0. The van der Waals surface area contributed by atoms with Crippen molar-refractivity contribution in [2.75, 3.05) is 5.32 Å². The molecule has 0 radical (unpaired) electrons. The van der Waals surface area contributed by atoms with Crippen LogP contribution in [0.4, 0.5) is 5.13 Å². The number of hydrogen-bond donors (Lipinski definition) is 2. The van der Waals surface area contributed by atoms with Crippen LogP contribution in [-0.2, 0) is 30.5 Å². The van der Waals surface area contributed by atoms with Gasteiger partial charge in [0.15, 0.2) is 5.13 Å². The second-order valence-corrected chi connectivity index (χ2v) is 10.7. The second kappa shape index (κ2) is 9.25. The Morgan fingerprint density at radius 1 is 1.19 bits per heavy atom. The van der Waals surface area contributed by atoms with Crippen LogP contribution in [0.3, 0.4) is 0 Å². The van der Waals surface area contributed by atoms with Crippen molar-refractivity contribution < 1.29 is 4.79 Å². The molecule has 0 saturated carbocycles. The van der Waals surface area contributed by atoms with Crippen LogP contribution in [0.2, 0.25) is 0 Å². The Morgan fingerprint density at radius 3 is 2.91 bits per heavy atom. The van der Waals surface area contributed by atoms with Crippen molar-refractivity contribution in [3.8, 4) is 0 Å². The number of fused-ring (bicyclic) bond motifs is 3. The molecule has 0 bridgehead atoms. The minimum atomic E-state index is -0.139. The highest BCUT2D eigenvalue weighted by molar-refractivity contribution is 9.10. The first-order valence-electron chi connectivity index (χ1n) is 10.6. The molecule has 3 heterocycles. The summed E-state index contributed by atoms with van der Waals surface area (Å²) < 4.78 is 1.05. The Bertz CT molecular complexity index is 1360. The molecule has 0 atom stereocenters. The number of aromatic nitrogens is 3. The Balaban J connectivity index is 1.22. The zero-order valence-electron chi connectivity index (χ0n) is 17.2. The van der Waals surface area contributed by atoms with E-state index in [4.69, 9.17) is 0 Å². The Morgan fingerprint density at radius 2 is 2.03 bits per heavy atom. The van der Waals surface area contributed by atoms with Crippen LogP contribution in [0.15, 0.2) is 38.9 Å². The quantitative estimate of drug-likeness (QED) is 0.358. The molecule has 0 saturated heterocycles. The van der Waals surface area contributed by atoms with Crippen LogP contribution >= 0.6 is 38.6 Å². The van der Waals surface area contributed by atoms with E-state index in [1.54, 1.807) is 11.3 Å². The predicted octanol–water partition coefficient (Wildman–Crippen LogP) is 5.24. The molecule has 1 aliphatic rings. The number of rotatable bonds is 6. The summed E-state index contributed by atoms with van der Waals surface area (Å²) in [5.74, 6) is 0.421. The summed E-state index contributed by atoms with van der Waals surface area (Å²) in [6.07, 6.45) is 5.60. The number of H-pyrrole nitrogens is 1. The first kappa shape index (κ1) is 21.5. The normalized spacial score (nSPS) is 13.3. The van der Waals surface area contributed by atoms with Gasteiger partial charge in [-0.05, 0) is 42.9 Å².